The Hall–Kier alpha value is -3.94. The van der Waals surface area contributed by atoms with Gasteiger partial charge in [-0.3, -0.25) is 18.8 Å². The van der Waals surface area contributed by atoms with Gasteiger partial charge in [0.2, 0.25) is 5.91 Å². The van der Waals surface area contributed by atoms with Crippen LogP contribution in [0.5, 0.6) is 11.5 Å². The highest BCUT2D eigenvalue weighted by Crippen LogP contribution is 2.29. The number of hydrogen-bond donors (Lipinski definition) is 1. The molecular formula is C25H27N5O3. The predicted molar refractivity (Wildman–Crippen MR) is 128 cm³/mol. The zero-order chi connectivity index (χ0) is 23.6. The first kappa shape index (κ1) is 22.3. The highest BCUT2D eigenvalue weighted by atomic mass is 16.5. The van der Waals surface area contributed by atoms with Gasteiger partial charge < -0.3 is 10.1 Å². The van der Waals surface area contributed by atoms with Crippen molar-refractivity contribution in [2.24, 2.45) is 7.05 Å². The molecule has 0 aliphatic carbocycles. The number of nitrogens with zero attached hydrogens (tertiary/aromatic N) is 4. The van der Waals surface area contributed by atoms with Crippen LogP contribution in [0.4, 0.5) is 5.69 Å². The largest absolute Gasteiger partial charge is 0.457 e. The van der Waals surface area contributed by atoms with Crippen molar-refractivity contribution in [2.75, 3.05) is 5.32 Å². The number of amides is 1. The number of benzene rings is 2. The van der Waals surface area contributed by atoms with Crippen LogP contribution in [-0.4, -0.2) is 25.2 Å². The third-order valence-electron chi connectivity index (χ3n) is 5.93. The number of nitrogens with one attached hydrogen (secondary N) is 1. The van der Waals surface area contributed by atoms with E-state index in [4.69, 9.17) is 4.74 Å². The molecule has 0 fully saturated rings. The van der Waals surface area contributed by atoms with Gasteiger partial charge in [0.1, 0.15) is 29.8 Å². The fourth-order valence-electron chi connectivity index (χ4n) is 3.46. The second-order valence-corrected chi connectivity index (χ2v) is 8.62. The van der Waals surface area contributed by atoms with Crippen LogP contribution in [0.15, 0.2) is 65.8 Å². The lowest BCUT2D eigenvalue weighted by Crippen LogP contribution is -2.27. The first-order chi connectivity index (χ1) is 15.8. The van der Waals surface area contributed by atoms with Gasteiger partial charge in [-0.2, -0.15) is 5.10 Å². The van der Waals surface area contributed by atoms with Crippen molar-refractivity contribution < 1.29 is 9.53 Å². The Morgan fingerprint density at radius 2 is 1.70 bits per heavy atom. The fraction of sp³-hybridized carbons (Fsp3) is 0.280. The molecule has 0 unspecified atom stereocenters. The van der Waals surface area contributed by atoms with E-state index < -0.39 is 0 Å². The topological polar surface area (TPSA) is 91.0 Å². The van der Waals surface area contributed by atoms with Crippen molar-refractivity contribution in [1.29, 1.82) is 0 Å². The van der Waals surface area contributed by atoms with Crippen LogP contribution >= 0.6 is 0 Å². The van der Waals surface area contributed by atoms with Gasteiger partial charge in [-0.15, -0.1) is 0 Å². The van der Waals surface area contributed by atoms with Crippen LogP contribution < -0.4 is 15.6 Å². The van der Waals surface area contributed by atoms with E-state index in [0.29, 0.717) is 22.5 Å². The zero-order valence-electron chi connectivity index (χ0n) is 19.2. The number of carbonyl (C=O) groups excluding carboxylic acids is 1. The Balaban J connectivity index is 1.38. The quantitative estimate of drug-likeness (QED) is 0.459. The minimum Gasteiger partial charge on any atom is -0.457 e. The maximum atomic E-state index is 12.5. The summed E-state index contributed by atoms with van der Waals surface area (Å²) >= 11 is 0. The molecule has 0 radical (unpaired) electrons. The van der Waals surface area contributed by atoms with Gasteiger partial charge >= 0.3 is 0 Å². The SMILES string of the molecule is CCC(C)(C)c1ccc(Oc2ccc(NC(=O)Cn3cnc4c(cnn4C)c3=O)cc2)cc1. The molecule has 33 heavy (non-hydrogen) atoms. The normalized spacial score (nSPS) is 11.5. The second kappa shape index (κ2) is 8.90. The molecule has 2 heterocycles. The van der Waals surface area contributed by atoms with Crippen LogP contribution in [0.2, 0.25) is 0 Å². The minimum atomic E-state index is -0.329. The Morgan fingerprint density at radius 3 is 2.33 bits per heavy atom. The van der Waals surface area contributed by atoms with Crippen LogP contribution in [-0.2, 0) is 23.8 Å². The Bertz CT molecular complexity index is 1340. The van der Waals surface area contributed by atoms with E-state index in [9.17, 15) is 9.59 Å². The first-order valence-corrected chi connectivity index (χ1v) is 10.8. The average molecular weight is 446 g/mol. The monoisotopic (exact) mass is 445 g/mol. The minimum absolute atomic E-state index is 0.128. The summed E-state index contributed by atoms with van der Waals surface area (Å²) in [6.45, 7) is 6.48. The van der Waals surface area contributed by atoms with Crippen LogP contribution in [0.1, 0.15) is 32.8 Å². The zero-order valence-corrected chi connectivity index (χ0v) is 19.2. The average Bonchev–Trinajstić information content (AvgIpc) is 3.19. The van der Waals surface area contributed by atoms with Gasteiger partial charge in [0.05, 0.1) is 6.20 Å². The van der Waals surface area contributed by atoms with Crippen molar-refractivity contribution in [3.05, 3.63) is 77.0 Å². The van der Waals surface area contributed by atoms with Gasteiger partial charge in [-0.1, -0.05) is 32.9 Å². The summed E-state index contributed by atoms with van der Waals surface area (Å²) in [5.41, 5.74) is 2.18. The van der Waals surface area contributed by atoms with E-state index in [2.05, 4.69) is 48.3 Å². The fourth-order valence-corrected chi connectivity index (χ4v) is 3.46. The molecule has 1 N–H and O–H groups in total. The smallest absolute Gasteiger partial charge is 0.264 e. The Kier molecular flexibility index (Phi) is 6.00. The number of aromatic nitrogens is 4. The lowest BCUT2D eigenvalue weighted by molar-refractivity contribution is -0.116. The summed E-state index contributed by atoms with van der Waals surface area (Å²) in [5, 5.41) is 7.20. The molecule has 0 bridgehead atoms. The summed E-state index contributed by atoms with van der Waals surface area (Å²) < 4.78 is 8.70. The van der Waals surface area contributed by atoms with E-state index in [1.165, 1.54) is 27.3 Å². The molecule has 0 atom stereocenters. The van der Waals surface area contributed by atoms with Crippen molar-refractivity contribution in [2.45, 2.75) is 39.2 Å². The predicted octanol–water partition coefficient (Wildman–Crippen LogP) is 4.25. The second-order valence-electron chi connectivity index (χ2n) is 8.62. The maximum absolute atomic E-state index is 12.5. The molecule has 0 spiro atoms. The van der Waals surface area contributed by atoms with Crippen molar-refractivity contribution in [1.82, 2.24) is 19.3 Å². The van der Waals surface area contributed by atoms with Gasteiger partial charge in [-0.05, 0) is 53.8 Å². The molecule has 0 saturated carbocycles. The lowest BCUT2D eigenvalue weighted by atomic mass is 9.82. The van der Waals surface area contributed by atoms with Gasteiger partial charge in [-0.25, -0.2) is 4.98 Å². The molecule has 0 saturated heterocycles. The molecule has 2 aromatic heterocycles. The highest BCUT2D eigenvalue weighted by molar-refractivity contribution is 5.90. The molecule has 2 aromatic carbocycles. The lowest BCUT2D eigenvalue weighted by Gasteiger charge is -2.23. The number of carbonyl (C=O) groups is 1. The van der Waals surface area contributed by atoms with E-state index in [1.54, 1.807) is 31.3 Å². The Labute approximate surface area is 191 Å². The van der Waals surface area contributed by atoms with Gasteiger partial charge in [0.15, 0.2) is 5.65 Å². The van der Waals surface area contributed by atoms with Gasteiger partial charge in [0, 0.05) is 12.7 Å². The summed E-state index contributed by atoms with van der Waals surface area (Å²) in [7, 11) is 1.71. The van der Waals surface area contributed by atoms with E-state index in [-0.39, 0.29) is 23.4 Å². The summed E-state index contributed by atoms with van der Waals surface area (Å²) in [5.74, 6) is 1.09. The van der Waals surface area contributed by atoms with Crippen molar-refractivity contribution in [3.8, 4) is 11.5 Å². The first-order valence-electron chi connectivity index (χ1n) is 10.8. The molecule has 0 aliphatic rings. The number of anilines is 1. The van der Waals surface area contributed by atoms with Crippen LogP contribution in [0.3, 0.4) is 0 Å². The molecular weight excluding hydrogens is 418 g/mol. The molecule has 1 amide bonds. The molecule has 4 rings (SSSR count). The van der Waals surface area contributed by atoms with Crippen molar-refractivity contribution in [3.63, 3.8) is 0 Å². The number of hydrogen-bond acceptors (Lipinski definition) is 5. The number of rotatable bonds is 7. The standard InChI is InChI=1S/C25H27N5O3/c1-5-25(2,3)17-6-10-19(11-7-17)33-20-12-8-18(9-13-20)28-22(31)15-30-16-26-23-21(24(30)32)14-27-29(23)4/h6-14,16H,5,15H2,1-4H3,(H,28,31). The molecule has 0 aliphatic heterocycles. The summed E-state index contributed by atoms with van der Waals surface area (Å²) in [4.78, 5) is 29.2. The summed E-state index contributed by atoms with van der Waals surface area (Å²) in [6.07, 6.45) is 3.87. The molecule has 170 valence electrons. The van der Waals surface area contributed by atoms with E-state index >= 15 is 0 Å². The third-order valence-corrected chi connectivity index (χ3v) is 5.93. The molecule has 4 aromatic rings. The molecule has 8 heteroatoms. The number of aryl methyl sites for hydroxylation is 1. The van der Waals surface area contributed by atoms with Gasteiger partial charge in [0.25, 0.3) is 5.56 Å². The number of ether oxygens (including phenoxy) is 1. The Morgan fingerprint density at radius 1 is 1.06 bits per heavy atom. The van der Waals surface area contributed by atoms with E-state index in [1.807, 2.05) is 12.1 Å². The molecule has 8 nitrogen and oxygen atoms in total. The van der Waals surface area contributed by atoms with E-state index in [0.717, 1.165) is 12.2 Å². The van der Waals surface area contributed by atoms with Crippen LogP contribution in [0.25, 0.3) is 11.0 Å². The number of fused-ring (bicyclic) bond motifs is 1. The highest BCUT2D eigenvalue weighted by Gasteiger charge is 2.17. The maximum Gasteiger partial charge on any atom is 0.264 e. The summed E-state index contributed by atoms with van der Waals surface area (Å²) in [6, 6.07) is 15.2. The van der Waals surface area contributed by atoms with Crippen molar-refractivity contribution >= 4 is 22.6 Å². The van der Waals surface area contributed by atoms with Crippen LogP contribution in [0, 0.1) is 0 Å². The third kappa shape index (κ3) is 4.79.